The molecule has 258 valence electrons. The molecule has 2 aromatic heterocycles. The first-order valence-corrected chi connectivity index (χ1v) is 19.9. The lowest BCUT2D eigenvalue weighted by atomic mass is 9.81. The lowest BCUT2D eigenvalue weighted by Crippen LogP contribution is -2.15. The topological polar surface area (TPSA) is 13.1 Å². The minimum atomic E-state index is -0.171. The lowest BCUT2D eigenvalue weighted by molar-refractivity contribution is 0.620. The average Bonchev–Trinajstić information content (AvgIpc) is 3.90. The molecule has 0 N–H and O–H groups in total. The van der Waals surface area contributed by atoms with Crippen molar-refractivity contribution >= 4 is 75.7 Å². The predicted molar refractivity (Wildman–Crippen MR) is 235 cm³/mol. The molecule has 0 saturated heterocycles. The van der Waals surface area contributed by atoms with Gasteiger partial charge in [-0.25, -0.2) is 0 Å². The van der Waals surface area contributed by atoms with Crippen LogP contribution >= 0.6 is 11.3 Å². The van der Waals surface area contributed by atoms with Gasteiger partial charge in [-0.2, -0.15) is 0 Å². The molecule has 0 aliphatic heterocycles. The third kappa shape index (κ3) is 4.23. The van der Waals surface area contributed by atoms with Crippen LogP contribution in [0.25, 0.3) is 108 Å². The first kappa shape index (κ1) is 30.9. The summed E-state index contributed by atoms with van der Waals surface area (Å²) in [7, 11) is 0. The fraction of sp³-hybridized carbons (Fsp3) is 0.0566. The van der Waals surface area contributed by atoms with Crippen molar-refractivity contribution in [2.45, 2.75) is 19.3 Å². The molecular formula is C53H34OS. The van der Waals surface area contributed by atoms with E-state index in [1.165, 1.54) is 108 Å². The van der Waals surface area contributed by atoms with Crippen molar-refractivity contribution in [3.63, 3.8) is 0 Å². The van der Waals surface area contributed by atoms with E-state index >= 15 is 0 Å². The monoisotopic (exact) mass is 718 g/mol. The van der Waals surface area contributed by atoms with Crippen LogP contribution in [0.1, 0.15) is 25.0 Å². The van der Waals surface area contributed by atoms with Gasteiger partial charge in [-0.15, -0.1) is 11.3 Å². The van der Waals surface area contributed by atoms with Gasteiger partial charge >= 0.3 is 0 Å². The molecule has 12 rings (SSSR count). The van der Waals surface area contributed by atoms with E-state index in [1.807, 2.05) is 11.3 Å². The van der Waals surface area contributed by atoms with Gasteiger partial charge in [-0.1, -0.05) is 159 Å². The Morgan fingerprint density at radius 2 is 1.00 bits per heavy atom. The molecule has 0 amide bonds. The molecule has 1 aliphatic rings. The second-order valence-electron chi connectivity index (χ2n) is 15.5. The van der Waals surface area contributed by atoms with Crippen LogP contribution in [-0.4, -0.2) is 0 Å². The number of hydrogen-bond acceptors (Lipinski definition) is 2. The van der Waals surface area contributed by atoms with E-state index in [0.717, 1.165) is 11.2 Å². The summed E-state index contributed by atoms with van der Waals surface area (Å²) in [5, 5.41) is 11.2. The maximum Gasteiger partial charge on any atom is 0.140 e. The summed E-state index contributed by atoms with van der Waals surface area (Å²) in [6.07, 6.45) is 0. The van der Waals surface area contributed by atoms with Crippen LogP contribution < -0.4 is 0 Å². The minimum Gasteiger partial charge on any atom is -0.456 e. The summed E-state index contributed by atoms with van der Waals surface area (Å²) in [5.41, 5.74) is 13.2. The summed E-state index contributed by atoms with van der Waals surface area (Å²) in [6.45, 7) is 4.67. The van der Waals surface area contributed by atoms with Crippen LogP contribution in [-0.2, 0) is 5.41 Å². The van der Waals surface area contributed by atoms with E-state index in [0.29, 0.717) is 0 Å². The molecule has 0 radical (unpaired) electrons. The zero-order chi connectivity index (χ0) is 36.4. The van der Waals surface area contributed by atoms with Crippen LogP contribution in [0.5, 0.6) is 0 Å². The maximum absolute atomic E-state index is 6.96. The Balaban J connectivity index is 1.14. The Morgan fingerprint density at radius 3 is 1.75 bits per heavy atom. The molecule has 0 spiro atoms. The number of thiophene rings is 1. The van der Waals surface area contributed by atoms with Crippen LogP contribution in [0.3, 0.4) is 0 Å². The quantitative estimate of drug-likeness (QED) is 0.166. The smallest absolute Gasteiger partial charge is 0.140 e. The molecule has 0 unspecified atom stereocenters. The summed E-state index contributed by atoms with van der Waals surface area (Å²) in [5.74, 6) is 0. The highest BCUT2D eigenvalue weighted by atomic mass is 32.1. The molecule has 0 bridgehead atoms. The van der Waals surface area contributed by atoms with Gasteiger partial charge in [0.25, 0.3) is 0 Å². The highest BCUT2D eigenvalue weighted by Crippen LogP contribution is 2.54. The lowest BCUT2D eigenvalue weighted by Gasteiger charge is -2.21. The molecule has 9 aromatic carbocycles. The normalized spacial score (nSPS) is 13.4. The Kier molecular flexibility index (Phi) is 6.34. The van der Waals surface area contributed by atoms with Gasteiger partial charge in [-0.3, -0.25) is 0 Å². The number of furan rings is 1. The highest BCUT2D eigenvalue weighted by molar-refractivity contribution is 7.22. The molecule has 1 nitrogen and oxygen atoms in total. The summed E-state index contributed by atoms with van der Waals surface area (Å²) in [6, 6.07) is 62.7. The minimum absolute atomic E-state index is 0.171. The van der Waals surface area contributed by atoms with Gasteiger partial charge in [-0.05, 0) is 106 Å². The zero-order valence-electron chi connectivity index (χ0n) is 30.5. The predicted octanol–water partition coefficient (Wildman–Crippen LogP) is 15.6. The molecule has 1 aliphatic carbocycles. The molecule has 2 heterocycles. The molecule has 2 heteroatoms. The zero-order valence-corrected chi connectivity index (χ0v) is 31.3. The summed E-state index contributed by atoms with van der Waals surface area (Å²) in [4.78, 5) is 1.30. The van der Waals surface area contributed by atoms with Crippen LogP contribution in [0, 0.1) is 0 Å². The van der Waals surface area contributed by atoms with Crippen molar-refractivity contribution in [3.05, 3.63) is 181 Å². The Morgan fingerprint density at radius 1 is 0.436 bits per heavy atom. The van der Waals surface area contributed by atoms with Gasteiger partial charge in [0.2, 0.25) is 0 Å². The van der Waals surface area contributed by atoms with Gasteiger partial charge in [0.05, 0.1) is 0 Å². The second-order valence-corrected chi connectivity index (χ2v) is 16.6. The van der Waals surface area contributed by atoms with Crippen molar-refractivity contribution in [1.82, 2.24) is 0 Å². The van der Waals surface area contributed by atoms with Crippen molar-refractivity contribution in [2.75, 3.05) is 0 Å². The van der Waals surface area contributed by atoms with Gasteiger partial charge in [0, 0.05) is 31.3 Å². The van der Waals surface area contributed by atoms with Crippen LogP contribution in [0.15, 0.2) is 174 Å². The second kappa shape index (κ2) is 11.3. The summed E-state index contributed by atoms with van der Waals surface area (Å²) >= 11 is 1.87. The standard InChI is InChI=1S/C53H34OS/c1-53(2)44-25-9-8-15-34(44)41-28-29-43-50-42(24-13-26-45(50)54-52(43)51(41)53)49-39-18-6-4-16-37(39)48(38-17-5-7-19-40(38)49)36-23-12-20-32-33(36)21-11-22-35(32)47-30-31-14-3-10-27-46(31)55-47/h3-30H,1-2H3. The number of rotatable bonds is 3. The first-order chi connectivity index (χ1) is 27.1. The maximum atomic E-state index is 6.96. The number of fused-ring (bicyclic) bond motifs is 11. The average molecular weight is 719 g/mol. The first-order valence-electron chi connectivity index (χ1n) is 19.1. The molecule has 11 aromatic rings. The Bertz CT molecular complexity index is 3320. The molecule has 55 heavy (non-hydrogen) atoms. The molecular weight excluding hydrogens is 685 g/mol. The molecule has 0 fully saturated rings. The third-order valence-electron chi connectivity index (χ3n) is 12.3. The Hall–Kier alpha value is -6.48. The van der Waals surface area contributed by atoms with E-state index in [4.69, 9.17) is 4.42 Å². The van der Waals surface area contributed by atoms with E-state index in [9.17, 15) is 0 Å². The largest absolute Gasteiger partial charge is 0.456 e. The van der Waals surface area contributed by atoms with Crippen molar-refractivity contribution < 1.29 is 4.42 Å². The third-order valence-corrected chi connectivity index (χ3v) is 13.4. The SMILES string of the molecule is CC1(C)c2ccccc2-c2ccc3c(oc4cccc(-c5c6ccccc6c(-c6cccc7c(-c8cc9ccccc9s8)cccc67)c6ccccc56)c43)c21. The fourth-order valence-electron chi connectivity index (χ4n) is 9.91. The number of hydrogen-bond donors (Lipinski definition) is 0. The van der Waals surface area contributed by atoms with Gasteiger partial charge in [0.1, 0.15) is 11.2 Å². The van der Waals surface area contributed by atoms with E-state index in [1.54, 1.807) is 0 Å². The van der Waals surface area contributed by atoms with E-state index in [2.05, 4.69) is 184 Å². The fourth-order valence-corrected chi connectivity index (χ4v) is 11.0. The molecule has 0 saturated carbocycles. The van der Waals surface area contributed by atoms with E-state index in [-0.39, 0.29) is 5.41 Å². The van der Waals surface area contributed by atoms with Crippen molar-refractivity contribution in [3.8, 4) is 43.8 Å². The van der Waals surface area contributed by atoms with Crippen molar-refractivity contribution in [1.29, 1.82) is 0 Å². The van der Waals surface area contributed by atoms with E-state index < -0.39 is 0 Å². The van der Waals surface area contributed by atoms with Crippen LogP contribution in [0.2, 0.25) is 0 Å². The number of benzene rings is 9. The van der Waals surface area contributed by atoms with Gasteiger partial charge < -0.3 is 4.42 Å². The van der Waals surface area contributed by atoms with Gasteiger partial charge in [0.15, 0.2) is 0 Å². The highest BCUT2D eigenvalue weighted by Gasteiger charge is 2.38. The van der Waals surface area contributed by atoms with Crippen LogP contribution in [0.4, 0.5) is 0 Å². The Labute approximate surface area is 322 Å². The molecule has 0 atom stereocenters. The summed E-state index contributed by atoms with van der Waals surface area (Å²) < 4.78 is 8.27. The van der Waals surface area contributed by atoms with Crippen molar-refractivity contribution in [2.24, 2.45) is 0 Å².